The first-order chi connectivity index (χ1) is 11.8. The maximum absolute atomic E-state index is 12.3. The van der Waals surface area contributed by atoms with Crippen molar-refractivity contribution in [1.29, 1.82) is 0 Å². The third-order valence-electron chi connectivity index (χ3n) is 4.07. The summed E-state index contributed by atoms with van der Waals surface area (Å²) < 4.78 is 9.44. The minimum absolute atomic E-state index is 0.0457. The molecule has 7 heteroatoms. The van der Waals surface area contributed by atoms with E-state index in [4.69, 9.17) is 4.74 Å². The number of anilines is 1. The first-order valence-electron chi connectivity index (χ1n) is 8.17. The monoisotopic (exact) mass is 346 g/mol. The van der Waals surface area contributed by atoms with Crippen LogP contribution in [-0.2, 0) is 16.0 Å². The summed E-state index contributed by atoms with van der Waals surface area (Å²) in [5, 5.41) is 3.76. The summed E-state index contributed by atoms with van der Waals surface area (Å²) in [6, 6.07) is 10.0. The van der Waals surface area contributed by atoms with Crippen LogP contribution in [0.1, 0.15) is 24.2 Å². The van der Waals surface area contributed by atoms with Crippen molar-refractivity contribution in [2.75, 3.05) is 31.7 Å². The Morgan fingerprint density at radius 3 is 3.04 bits per heavy atom. The molecule has 1 aromatic carbocycles. The topological polar surface area (TPSA) is 67.3 Å². The molecule has 0 aliphatic carbocycles. The van der Waals surface area contributed by atoms with Gasteiger partial charge in [-0.05, 0) is 18.4 Å². The van der Waals surface area contributed by atoms with E-state index in [9.17, 15) is 4.79 Å². The lowest BCUT2D eigenvalue weighted by Crippen LogP contribution is -2.44. The molecule has 3 rings (SSSR count). The average Bonchev–Trinajstić information content (AvgIpc) is 3.25. The van der Waals surface area contributed by atoms with Crippen molar-refractivity contribution in [3.63, 3.8) is 0 Å². The number of methoxy groups -OCH3 is 1. The van der Waals surface area contributed by atoms with E-state index in [1.54, 1.807) is 7.11 Å². The van der Waals surface area contributed by atoms with Gasteiger partial charge in [-0.2, -0.15) is 4.37 Å². The molecule has 0 bridgehead atoms. The Morgan fingerprint density at radius 2 is 2.25 bits per heavy atom. The predicted molar refractivity (Wildman–Crippen MR) is 94.4 cm³/mol. The molecule has 24 heavy (non-hydrogen) atoms. The number of amides is 1. The van der Waals surface area contributed by atoms with Crippen molar-refractivity contribution in [1.82, 2.24) is 14.7 Å². The highest BCUT2D eigenvalue weighted by Gasteiger charge is 2.32. The molecule has 1 amide bonds. The van der Waals surface area contributed by atoms with Crippen molar-refractivity contribution in [2.45, 2.75) is 25.3 Å². The van der Waals surface area contributed by atoms with Gasteiger partial charge in [0.25, 0.3) is 0 Å². The Kier molecular flexibility index (Phi) is 5.77. The van der Waals surface area contributed by atoms with Crippen molar-refractivity contribution in [2.24, 2.45) is 0 Å². The number of hydrogen-bond donors (Lipinski definition) is 1. The maximum Gasteiger partial charge on any atom is 0.242 e. The van der Waals surface area contributed by atoms with E-state index in [1.807, 2.05) is 18.2 Å². The molecule has 128 valence electrons. The van der Waals surface area contributed by atoms with Gasteiger partial charge in [0.2, 0.25) is 11.0 Å². The zero-order valence-corrected chi connectivity index (χ0v) is 14.6. The number of aromatic nitrogens is 2. The van der Waals surface area contributed by atoms with Crippen LogP contribution in [0.25, 0.3) is 0 Å². The van der Waals surface area contributed by atoms with Gasteiger partial charge in [0.15, 0.2) is 0 Å². The molecule has 0 saturated carbocycles. The van der Waals surface area contributed by atoms with Gasteiger partial charge < -0.3 is 15.0 Å². The molecule has 2 aromatic rings. The molecule has 1 fully saturated rings. The van der Waals surface area contributed by atoms with Crippen LogP contribution >= 0.6 is 11.5 Å². The molecular formula is C17H22N4O2S. The highest BCUT2D eigenvalue weighted by Crippen LogP contribution is 2.27. The average molecular weight is 346 g/mol. The van der Waals surface area contributed by atoms with Crippen LogP contribution in [0.3, 0.4) is 0 Å². The summed E-state index contributed by atoms with van der Waals surface area (Å²) in [4.78, 5) is 19.1. The molecular weight excluding hydrogens is 324 g/mol. The Morgan fingerprint density at radius 1 is 1.42 bits per heavy atom. The number of hydrogen-bond acceptors (Lipinski definition) is 6. The summed E-state index contributed by atoms with van der Waals surface area (Å²) in [6.07, 6.45) is 2.57. The van der Waals surface area contributed by atoms with Crippen molar-refractivity contribution >= 4 is 22.6 Å². The van der Waals surface area contributed by atoms with Gasteiger partial charge in [-0.15, -0.1) is 0 Å². The molecule has 0 spiro atoms. The Bertz CT molecular complexity index is 662. The zero-order valence-electron chi connectivity index (χ0n) is 13.8. The number of nitrogens with one attached hydrogen (secondary N) is 1. The SMILES string of the molecule is COCCNC(=O)C1CCCN1c1nc(Cc2ccccc2)ns1. The van der Waals surface area contributed by atoms with Crippen LogP contribution in [0.15, 0.2) is 30.3 Å². The van der Waals surface area contributed by atoms with Crippen LogP contribution in [0.5, 0.6) is 0 Å². The lowest BCUT2D eigenvalue weighted by atomic mass is 10.1. The predicted octanol–water partition coefficient (Wildman–Crippen LogP) is 1.86. The van der Waals surface area contributed by atoms with E-state index < -0.39 is 0 Å². The second-order valence-electron chi connectivity index (χ2n) is 5.79. The fraction of sp³-hybridized carbons (Fsp3) is 0.471. The fourth-order valence-electron chi connectivity index (χ4n) is 2.87. The van der Waals surface area contributed by atoms with Crippen LogP contribution in [0.2, 0.25) is 0 Å². The Hall–Kier alpha value is -1.99. The van der Waals surface area contributed by atoms with E-state index in [0.717, 1.165) is 36.8 Å². The van der Waals surface area contributed by atoms with E-state index in [-0.39, 0.29) is 11.9 Å². The van der Waals surface area contributed by atoms with Crippen LogP contribution in [-0.4, -0.2) is 48.1 Å². The molecule has 2 heterocycles. The van der Waals surface area contributed by atoms with Crippen LogP contribution < -0.4 is 10.2 Å². The lowest BCUT2D eigenvalue weighted by Gasteiger charge is -2.22. The van der Waals surface area contributed by atoms with Crippen molar-refractivity contribution < 1.29 is 9.53 Å². The van der Waals surface area contributed by atoms with Crippen molar-refractivity contribution in [3.8, 4) is 0 Å². The molecule has 1 aliphatic rings. The zero-order chi connectivity index (χ0) is 16.8. The molecule has 1 atom stereocenters. The number of rotatable bonds is 7. The number of nitrogens with zero attached hydrogens (tertiary/aromatic N) is 3. The minimum Gasteiger partial charge on any atom is -0.383 e. The summed E-state index contributed by atoms with van der Waals surface area (Å²) in [6.45, 7) is 1.91. The smallest absolute Gasteiger partial charge is 0.242 e. The molecule has 1 unspecified atom stereocenters. The van der Waals surface area contributed by atoms with Crippen LogP contribution in [0.4, 0.5) is 5.13 Å². The van der Waals surface area contributed by atoms with Gasteiger partial charge in [-0.1, -0.05) is 30.3 Å². The maximum atomic E-state index is 12.3. The van der Waals surface area contributed by atoms with Crippen molar-refractivity contribution in [3.05, 3.63) is 41.7 Å². The number of carbonyl (C=O) groups is 1. The van der Waals surface area contributed by atoms with Gasteiger partial charge in [0.1, 0.15) is 11.9 Å². The largest absolute Gasteiger partial charge is 0.383 e. The summed E-state index contributed by atoms with van der Waals surface area (Å²) in [5.74, 6) is 0.857. The third kappa shape index (κ3) is 4.10. The first-order valence-corrected chi connectivity index (χ1v) is 8.95. The summed E-state index contributed by atoms with van der Waals surface area (Å²) in [7, 11) is 1.63. The van der Waals surface area contributed by atoms with E-state index in [2.05, 4.69) is 31.7 Å². The molecule has 1 N–H and O–H groups in total. The second kappa shape index (κ2) is 8.21. The minimum atomic E-state index is -0.153. The van der Waals surface area contributed by atoms with Gasteiger partial charge in [0, 0.05) is 38.2 Å². The molecule has 1 aromatic heterocycles. The molecule has 1 saturated heterocycles. The van der Waals surface area contributed by atoms with E-state index in [1.165, 1.54) is 17.1 Å². The van der Waals surface area contributed by atoms with Gasteiger partial charge in [-0.25, -0.2) is 4.98 Å². The van der Waals surface area contributed by atoms with Gasteiger partial charge in [-0.3, -0.25) is 4.79 Å². The molecule has 6 nitrogen and oxygen atoms in total. The number of ether oxygens (including phenoxy) is 1. The van der Waals surface area contributed by atoms with E-state index >= 15 is 0 Å². The highest BCUT2D eigenvalue weighted by molar-refractivity contribution is 7.09. The lowest BCUT2D eigenvalue weighted by molar-refractivity contribution is -0.122. The Balaban J connectivity index is 1.64. The highest BCUT2D eigenvalue weighted by atomic mass is 32.1. The first kappa shape index (κ1) is 16.9. The number of carbonyl (C=O) groups excluding carboxylic acids is 1. The summed E-state index contributed by atoms with van der Waals surface area (Å²) >= 11 is 1.38. The Labute approximate surface area is 146 Å². The fourth-order valence-corrected chi connectivity index (χ4v) is 3.64. The van der Waals surface area contributed by atoms with E-state index in [0.29, 0.717) is 13.2 Å². The normalized spacial score (nSPS) is 17.2. The van der Waals surface area contributed by atoms with Gasteiger partial charge in [0.05, 0.1) is 6.61 Å². The molecule has 1 aliphatic heterocycles. The van der Waals surface area contributed by atoms with Crippen LogP contribution in [0, 0.1) is 0 Å². The van der Waals surface area contributed by atoms with Gasteiger partial charge >= 0.3 is 0 Å². The second-order valence-corrected chi connectivity index (χ2v) is 6.52. The number of benzene rings is 1. The quantitative estimate of drug-likeness (QED) is 0.775. The third-order valence-corrected chi connectivity index (χ3v) is 4.86. The summed E-state index contributed by atoms with van der Waals surface area (Å²) in [5.41, 5.74) is 1.19. The standard InChI is InChI=1S/C17H22N4O2S/c1-23-11-9-18-16(22)14-8-5-10-21(14)17-19-15(20-24-17)12-13-6-3-2-4-7-13/h2-4,6-7,14H,5,8-12H2,1H3,(H,18,22). The molecule has 0 radical (unpaired) electrons.